The third kappa shape index (κ3) is 3.86. The molecular weight excluding hydrogens is 388 g/mol. The summed E-state index contributed by atoms with van der Waals surface area (Å²) in [7, 11) is -0.396. The van der Waals surface area contributed by atoms with Gasteiger partial charge in [-0.05, 0) is 73.4 Å². The third-order valence-electron chi connectivity index (χ3n) is 6.07. The Kier molecular flexibility index (Phi) is 5.55. The van der Waals surface area contributed by atoms with Crippen LogP contribution < -0.4 is 19.9 Å². The van der Waals surface area contributed by atoms with E-state index in [0.717, 1.165) is 41.7 Å². The van der Waals surface area contributed by atoms with Crippen molar-refractivity contribution in [2.45, 2.75) is 55.5 Å². The minimum Gasteiger partial charge on any atom is -0.496 e. The summed E-state index contributed by atoms with van der Waals surface area (Å²) in [5.74, 6) is 1.53. The smallest absolute Gasteiger partial charge is 0.241 e. The average Bonchev–Trinajstić information content (AvgIpc) is 2.72. The van der Waals surface area contributed by atoms with Crippen molar-refractivity contribution in [3.8, 4) is 11.5 Å². The van der Waals surface area contributed by atoms with Crippen LogP contribution in [0.1, 0.15) is 35.1 Å². The highest BCUT2D eigenvalue weighted by molar-refractivity contribution is 7.89. The van der Waals surface area contributed by atoms with Crippen molar-refractivity contribution in [1.82, 2.24) is 4.72 Å². The third-order valence-corrected chi connectivity index (χ3v) is 7.68. The summed E-state index contributed by atoms with van der Waals surface area (Å²) < 4.78 is 40.5. The molecule has 0 fully saturated rings. The van der Waals surface area contributed by atoms with Gasteiger partial charge in [0.05, 0.1) is 19.1 Å². The molecule has 0 saturated heterocycles. The van der Waals surface area contributed by atoms with Gasteiger partial charge in [0.1, 0.15) is 11.5 Å². The molecule has 0 aromatic heterocycles. The maximum atomic E-state index is 13.3. The molecule has 0 bridgehead atoms. The number of methoxy groups -OCH3 is 2. The number of hydrogen-bond acceptors (Lipinski definition) is 5. The molecule has 6 nitrogen and oxygen atoms in total. The van der Waals surface area contributed by atoms with Gasteiger partial charge >= 0.3 is 0 Å². The van der Waals surface area contributed by atoms with Crippen molar-refractivity contribution in [2.75, 3.05) is 14.2 Å². The van der Waals surface area contributed by atoms with Crippen LogP contribution in [-0.4, -0.2) is 34.7 Å². The molecule has 2 aromatic carbocycles. The molecule has 0 unspecified atom stereocenters. The van der Waals surface area contributed by atoms with E-state index >= 15 is 0 Å². The highest BCUT2D eigenvalue weighted by Crippen LogP contribution is 2.35. The molecule has 0 amide bonds. The van der Waals surface area contributed by atoms with Gasteiger partial charge in [0, 0.05) is 17.6 Å². The van der Waals surface area contributed by atoms with Crippen LogP contribution in [0.15, 0.2) is 35.2 Å². The van der Waals surface area contributed by atoms with Gasteiger partial charge in [0.2, 0.25) is 10.0 Å². The number of sulfonamides is 1. The fourth-order valence-corrected chi connectivity index (χ4v) is 6.18. The maximum Gasteiger partial charge on any atom is 0.241 e. The van der Waals surface area contributed by atoms with Crippen molar-refractivity contribution in [2.24, 2.45) is 5.73 Å². The lowest BCUT2D eigenvalue weighted by Gasteiger charge is -2.29. The number of hydrogen-bond donors (Lipinski definition) is 2. The van der Waals surface area contributed by atoms with Crippen molar-refractivity contribution in [1.29, 1.82) is 0 Å². The zero-order chi connectivity index (χ0) is 20.6. The van der Waals surface area contributed by atoms with Crippen LogP contribution in [0.25, 0.3) is 0 Å². The first-order valence-electron chi connectivity index (χ1n) is 10.0. The summed E-state index contributed by atoms with van der Waals surface area (Å²) in [4.78, 5) is 0.353. The second-order valence-corrected chi connectivity index (χ2v) is 9.57. The Morgan fingerprint density at radius 1 is 0.931 bits per heavy atom. The number of fused-ring (bicyclic) bond motifs is 2. The predicted molar refractivity (Wildman–Crippen MR) is 112 cm³/mol. The number of aryl methyl sites for hydroxylation is 1. The molecule has 0 aliphatic heterocycles. The number of benzene rings is 2. The molecule has 0 heterocycles. The Morgan fingerprint density at radius 3 is 2.45 bits per heavy atom. The van der Waals surface area contributed by atoms with Gasteiger partial charge < -0.3 is 15.2 Å². The lowest BCUT2D eigenvalue weighted by molar-refractivity contribution is 0.400. The summed E-state index contributed by atoms with van der Waals surface area (Å²) in [6.45, 7) is 0. The van der Waals surface area contributed by atoms with Crippen LogP contribution >= 0.6 is 0 Å². The Bertz CT molecular complexity index is 1010. The van der Waals surface area contributed by atoms with Crippen LogP contribution in [0.2, 0.25) is 0 Å². The Hall–Kier alpha value is -2.09. The van der Waals surface area contributed by atoms with Crippen LogP contribution in [0.4, 0.5) is 0 Å². The SMILES string of the molecule is COc1cccc2c1C[C@@H](NS(=O)(=O)c1ccc(OC)c3c1CC[C@H](N)C3)CC2. The van der Waals surface area contributed by atoms with E-state index < -0.39 is 10.0 Å². The second kappa shape index (κ2) is 7.97. The van der Waals surface area contributed by atoms with E-state index in [2.05, 4.69) is 10.8 Å². The van der Waals surface area contributed by atoms with E-state index in [1.54, 1.807) is 26.4 Å². The van der Waals surface area contributed by atoms with Gasteiger partial charge in [-0.2, -0.15) is 0 Å². The van der Waals surface area contributed by atoms with Crippen molar-refractivity contribution in [3.05, 3.63) is 52.6 Å². The van der Waals surface area contributed by atoms with Crippen LogP contribution in [0.3, 0.4) is 0 Å². The molecule has 156 valence electrons. The zero-order valence-electron chi connectivity index (χ0n) is 16.9. The summed E-state index contributed by atoms with van der Waals surface area (Å²) in [5, 5.41) is 0. The zero-order valence-corrected chi connectivity index (χ0v) is 17.7. The van der Waals surface area contributed by atoms with Crippen LogP contribution in [0, 0.1) is 0 Å². The van der Waals surface area contributed by atoms with Crippen LogP contribution in [0.5, 0.6) is 11.5 Å². The van der Waals surface area contributed by atoms with E-state index in [4.69, 9.17) is 15.2 Å². The minimum absolute atomic E-state index is 0.0321. The number of rotatable bonds is 5. The van der Waals surface area contributed by atoms with Crippen molar-refractivity contribution in [3.63, 3.8) is 0 Å². The monoisotopic (exact) mass is 416 g/mol. The quantitative estimate of drug-likeness (QED) is 0.781. The first-order valence-corrected chi connectivity index (χ1v) is 11.5. The summed E-state index contributed by atoms with van der Waals surface area (Å²) in [6, 6.07) is 9.27. The first kappa shape index (κ1) is 20.2. The summed E-state index contributed by atoms with van der Waals surface area (Å²) >= 11 is 0. The molecule has 0 saturated carbocycles. The van der Waals surface area contributed by atoms with Gasteiger partial charge in [-0.3, -0.25) is 0 Å². The van der Waals surface area contributed by atoms with Gasteiger partial charge in [0.25, 0.3) is 0 Å². The normalized spacial score (nSPS) is 21.2. The first-order chi connectivity index (χ1) is 13.9. The number of nitrogens with one attached hydrogen (secondary N) is 1. The molecule has 2 aromatic rings. The average molecular weight is 417 g/mol. The molecule has 29 heavy (non-hydrogen) atoms. The molecule has 7 heteroatoms. The molecule has 2 aliphatic rings. The molecule has 0 spiro atoms. The van der Waals surface area contributed by atoms with E-state index in [1.807, 2.05) is 12.1 Å². The minimum atomic E-state index is -3.65. The molecule has 2 atom stereocenters. The molecule has 4 rings (SSSR count). The number of nitrogens with two attached hydrogens (primary N) is 1. The molecule has 3 N–H and O–H groups in total. The van der Waals surface area contributed by atoms with Crippen molar-refractivity contribution >= 4 is 10.0 Å². The van der Waals surface area contributed by atoms with Gasteiger partial charge in [0.15, 0.2) is 0 Å². The Morgan fingerprint density at radius 2 is 1.69 bits per heavy atom. The second-order valence-electron chi connectivity index (χ2n) is 7.88. The van der Waals surface area contributed by atoms with E-state index in [0.29, 0.717) is 29.9 Å². The lowest BCUT2D eigenvalue weighted by Crippen LogP contribution is -2.39. The Balaban J connectivity index is 1.63. The van der Waals surface area contributed by atoms with E-state index in [1.165, 1.54) is 5.56 Å². The number of ether oxygens (including phenoxy) is 2. The van der Waals surface area contributed by atoms with Gasteiger partial charge in [-0.15, -0.1) is 0 Å². The fourth-order valence-electron chi connectivity index (χ4n) is 4.61. The highest BCUT2D eigenvalue weighted by atomic mass is 32.2. The van der Waals surface area contributed by atoms with E-state index in [-0.39, 0.29) is 12.1 Å². The van der Waals surface area contributed by atoms with Gasteiger partial charge in [-0.1, -0.05) is 12.1 Å². The van der Waals surface area contributed by atoms with Crippen molar-refractivity contribution < 1.29 is 17.9 Å². The largest absolute Gasteiger partial charge is 0.496 e. The highest BCUT2D eigenvalue weighted by Gasteiger charge is 2.30. The molecule has 0 radical (unpaired) electrons. The van der Waals surface area contributed by atoms with E-state index in [9.17, 15) is 8.42 Å². The topological polar surface area (TPSA) is 90.6 Å². The standard InChI is InChI=1S/C22H28N2O4S/c1-27-20-5-3-4-14-6-8-16(13-18(14)20)24-29(25,26)22-11-10-21(28-2)19-12-15(23)7-9-17(19)22/h3-5,10-11,15-16,24H,6-9,12-13,23H2,1-2H3/t15-,16-/m0/s1. The fraction of sp³-hybridized carbons (Fsp3) is 0.455. The predicted octanol–water partition coefficient (Wildman–Crippen LogP) is 2.36. The molecular formula is C22H28N2O4S. The Labute approximate surface area is 172 Å². The summed E-state index contributed by atoms with van der Waals surface area (Å²) in [6.07, 6.45) is 4.28. The van der Waals surface area contributed by atoms with Gasteiger partial charge in [-0.25, -0.2) is 13.1 Å². The maximum absolute atomic E-state index is 13.3. The summed E-state index contributed by atoms with van der Waals surface area (Å²) in [5.41, 5.74) is 10.2. The lowest BCUT2D eigenvalue weighted by atomic mass is 9.88. The molecule has 2 aliphatic carbocycles. The van der Waals surface area contributed by atoms with Crippen LogP contribution in [-0.2, 0) is 35.7 Å².